The van der Waals surface area contributed by atoms with Crippen LogP contribution in [0.4, 0.5) is 0 Å². The first-order valence-electron chi connectivity index (χ1n) is 6.79. The molecule has 0 aromatic rings. The Hall–Kier alpha value is -0.620. The lowest BCUT2D eigenvalue weighted by molar-refractivity contribution is -0.134. The van der Waals surface area contributed by atoms with Gasteiger partial charge >= 0.3 is 0 Å². The van der Waals surface area contributed by atoms with E-state index in [0.29, 0.717) is 19.5 Å². The van der Waals surface area contributed by atoms with Gasteiger partial charge < -0.3 is 4.90 Å². The fourth-order valence-electron chi connectivity index (χ4n) is 2.29. The molecular formula is C13H26N2O3S. The van der Waals surface area contributed by atoms with Crippen LogP contribution in [0.15, 0.2) is 0 Å². The van der Waals surface area contributed by atoms with Gasteiger partial charge in [-0.15, -0.1) is 0 Å². The predicted octanol–water partition coefficient (Wildman–Crippen LogP) is 1.21. The van der Waals surface area contributed by atoms with Crippen LogP contribution < -0.4 is 4.72 Å². The Kier molecular flexibility index (Phi) is 5.38. The zero-order valence-electron chi connectivity index (χ0n) is 12.4. The van der Waals surface area contributed by atoms with E-state index in [0.717, 1.165) is 19.4 Å². The fraction of sp³-hybridized carbons (Fsp3) is 0.923. The standard InChI is InChI=1S/C13H26N2O3S/c1-13(2,3)8-12(16)15-7-5-6-11(10-15)9-14-19(4,17)18/h11,14H,5-10H2,1-4H3/t11-/m1/s1. The van der Waals surface area contributed by atoms with Gasteiger partial charge in [-0.05, 0) is 24.2 Å². The van der Waals surface area contributed by atoms with Gasteiger partial charge in [-0.1, -0.05) is 20.8 Å². The van der Waals surface area contributed by atoms with Gasteiger partial charge in [0.25, 0.3) is 0 Å². The zero-order valence-corrected chi connectivity index (χ0v) is 13.2. The second-order valence-corrected chi connectivity index (χ2v) is 8.54. The topological polar surface area (TPSA) is 66.5 Å². The van der Waals surface area contributed by atoms with Gasteiger partial charge in [-0.3, -0.25) is 4.79 Å². The van der Waals surface area contributed by atoms with E-state index < -0.39 is 10.0 Å². The molecule has 0 saturated carbocycles. The summed E-state index contributed by atoms with van der Waals surface area (Å²) in [5.74, 6) is 0.406. The van der Waals surface area contributed by atoms with E-state index in [4.69, 9.17) is 0 Å². The Bertz CT molecular complexity index is 412. The molecule has 1 aliphatic heterocycles. The van der Waals surface area contributed by atoms with Crippen LogP contribution in [0.3, 0.4) is 0 Å². The van der Waals surface area contributed by atoms with Crippen molar-refractivity contribution in [3.63, 3.8) is 0 Å². The third-order valence-electron chi connectivity index (χ3n) is 3.19. The van der Waals surface area contributed by atoms with E-state index >= 15 is 0 Å². The summed E-state index contributed by atoms with van der Waals surface area (Å²) in [7, 11) is -3.14. The molecule has 1 rings (SSSR count). The lowest BCUT2D eigenvalue weighted by Crippen LogP contribution is -2.44. The van der Waals surface area contributed by atoms with Crippen molar-refractivity contribution in [1.82, 2.24) is 9.62 Å². The highest BCUT2D eigenvalue weighted by Crippen LogP contribution is 2.23. The van der Waals surface area contributed by atoms with Gasteiger partial charge in [-0.25, -0.2) is 13.1 Å². The maximum atomic E-state index is 12.1. The molecule has 1 N–H and O–H groups in total. The van der Waals surface area contributed by atoms with Crippen molar-refractivity contribution >= 4 is 15.9 Å². The summed E-state index contributed by atoms with van der Waals surface area (Å²) >= 11 is 0. The minimum atomic E-state index is -3.14. The third-order valence-corrected chi connectivity index (χ3v) is 3.88. The van der Waals surface area contributed by atoms with E-state index in [1.165, 1.54) is 6.26 Å². The first kappa shape index (κ1) is 16.4. The van der Waals surface area contributed by atoms with E-state index in [-0.39, 0.29) is 17.2 Å². The van der Waals surface area contributed by atoms with E-state index in [1.807, 2.05) is 4.90 Å². The molecule has 1 saturated heterocycles. The summed E-state index contributed by atoms with van der Waals surface area (Å²) in [5.41, 5.74) is -0.00493. The summed E-state index contributed by atoms with van der Waals surface area (Å²) in [5, 5.41) is 0. The van der Waals surface area contributed by atoms with Crippen LogP contribution in [0, 0.1) is 11.3 Å². The number of hydrogen-bond acceptors (Lipinski definition) is 3. The van der Waals surface area contributed by atoms with Crippen LogP contribution in [-0.2, 0) is 14.8 Å². The van der Waals surface area contributed by atoms with Crippen molar-refractivity contribution < 1.29 is 13.2 Å². The van der Waals surface area contributed by atoms with Gasteiger partial charge in [0.2, 0.25) is 15.9 Å². The number of carbonyl (C=O) groups excluding carboxylic acids is 1. The second kappa shape index (κ2) is 6.22. The SMILES string of the molecule is CC(C)(C)CC(=O)N1CCC[C@H](CNS(C)(=O)=O)C1. The molecular weight excluding hydrogens is 264 g/mol. The van der Waals surface area contributed by atoms with Crippen LogP contribution in [0.2, 0.25) is 0 Å². The molecule has 5 nitrogen and oxygen atoms in total. The van der Waals surface area contributed by atoms with Gasteiger partial charge in [0, 0.05) is 26.1 Å². The molecule has 0 aromatic heterocycles. The number of hydrogen-bond donors (Lipinski definition) is 1. The average molecular weight is 290 g/mol. The zero-order chi connectivity index (χ0) is 14.7. The Morgan fingerprint density at radius 1 is 1.37 bits per heavy atom. The molecule has 1 heterocycles. The largest absolute Gasteiger partial charge is 0.342 e. The summed E-state index contributed by atoms with van der Waals surface area (Å²) < 4.78 is 24.7. The smallest absolute Gasteiger partial charge is 0.223 e. The highest BCUT2D eigenvalue weighted by Gasteiger charge is 2.26. The van der Waals surface area contributed by atoms with Crippen molar-refractivity contribution in [2.24, 2.45) is 11.3 Å². The molecule has 0 radical (unpaired) electrons. The minimum absolute atomic E-state index is 0.00493. The molecule has 0 spiro atoms. The maximum Gasteiger partial charge on any atom is 0.223 e. The molecule has 0 unspecified atom stereocenters. The van der Waals surface area contributed by atoms with Gasteiger partial charge in [0.05, 0.1) is 6.26 Å². The van der Waals surface area contributed by atoms with E-state index in [2.05, 4.69) is 25.5 Å². The fourth-order valence-corrected chi connectivity index (χ4v) is 2.83. The molecule has 112 valence electrons. The lowest BCUT2D eigenvalue weighted by atomic mass is 9.90. The van der Waals surface area contributed by atoms with Crippen LogP contribution in [0.25, 0.3) is 0 Å². The number of piperidine rings is 1. The highest BCUT2D eigenvalue weighted by atomic mass is 32.2. The monoisotopic (exact) mass is 290 g/mol. The van der Waals surface area contributed by atoms with Crippen LogP contribution in [-0.4, -0.2) is 45.1 Å². The minimum Gasteiger partial charge on any atom is -0.342 e. The molecule has 1 atom stereocenters. The van der Waals surface area contributed by atoms with Crippen LogP contribution in [0.5, 0.6) is 0 Å². The Morgan fingerprint density at radius 2 is 2.00 bits per heavy atom. The molecule has 6 heteroatoms. The van der Waals surface area contributed by atoms with Crippen molar-refractivity contribution in [2.45, 2.75) is 40.0 Å². The highest BCUT2D eigenvalue weighted by molar-refractivity contribution is 7.88. The molecule has 19 heavy (non-hydrogen) atoms. The quantitative estimate of drug-likeness (QED) is 0.846. The van der Waals surface area contributed by atoms with Crippen molar-refractivity contribution in [2.75, 3.05) is 25.9 Å². The molecule has 0 bridgehead atoms. The van der Waals surface area contributed by atoms with Crippen molar-refractivity contribution in [3.05, 3.63) is 0 Å². The first-order chi connectivity index (χ1) is 8.57. The molecule has 0 aromatic carbocycles. The Balaban J connectivity index is 2.48. The van der Waals surface area contributed by atoms with Crippen LogP contribution >= 0.6 is 0 Å². The summed E-state index contributed by atoms with van der Waals surface area (Å²) in [4.78, 5) is 14.0. The van der Waals surface area contributed by atoms with E-state index in [1.54, 1.807) is 0 Å². The molecule has 1 fully saturated rings. The van der Waals surface area contributed by atoms with Gasteiger partial charge in [0.1, 0.15) is 0 Å². The number of nitrogens with zero attached hydrogens (tertiary/aromatic N) is 1. The maximum absolute atomic E-state index is 12.1. The van der Waals surface area contributed by atoms with Gasteiger partial charge in [0.15, 0.2) is 0 Å². The lowest BCUT2D eigenvalue weighted by Gasteiger charge is -2.34. The summed E-state index contributed by atoms with van der Waals surface area (Å²) in [6.45, 7) is 8.05. The summed E-state index contributed by atoms with van der Waals surface area (Å²) in [6.07, 6.45) is 3.63. The molecule has 1 aliphatic rings. The van der Waals surface area contributed by atoms with Crippen molar-refractivity contribution in [1.29, 1.82) is 0 Å². The number of likely N-dealkylation sites (tertiary alicyclic amines) is 1. The Morgan fingerprint density at radius 3 is 2.53 bits per heavy atom. The predicted molar refractivity (Wildman–Crippen MR) is 76.2 cm³/mol. The summed E-state index contributed by atoms with van der Waals surface area (Å²) in [6, 6.07) is 0. The number of rotatable bonds is 4. The average Bonchev–Trinajstić information content (AvgIpc) is 2.23. The van der Waals surface area contributed by atoms with Crippen LogP contribution in [0.1, 0.15) is 40.0 Å². The second-order valence-electron chi connectivity index (χ2n) is 6.71. The number of carbonyl (C=O) groups is 1. The molecule has 1 amide bonds. The molecule has 0 aliphatic carbocycles. The van der Waals surface area contributed by atoms with Crippen molar-refractivity contribution in [3.8, 4) is 0 Å². The number of amides is 1. The van der Waals surface area contributed by atoms with E-state index in [9.17, 15) is 13.2 Å². The third kappa shape index (κ3) is 6.92. The first-order valence-corrected chi connectivity index (χ1v) is 8.68. The Labute approximate surface area is 116 Å². The number of nitrogens with one attached hydrogen (secondary N) is 1. The van der Waals surface area contributed by atoms with Gasteiger partial charge in [-0.2, -0.15) is 0 Å². The normalized spacial score (nSPS) is 21.5. The number of sulfonamides is 1.